The van der Waals surface area contributed by atoms with E-state index in [9.17, 15) is 0 Å². The molecule has 0 atom stereocenters. The second-order valence-corrected chi connectivity index (χ2v) is 17.6. The van der Waals surface area contributed by atoms with Gasteiger partial charge in [0.2, 0.25) is 0 Å². The second-order valence-electron chi connectivity index (χ2n) is 17.6. The first-order valence-electron chi connectivity index (χ1n) is 23.2. The fourth-order valence-electron chi connectivity index (χ4n) is 11.1. The highest BCUT2D eigenvalue weighted by Crippen LogP contribution is 2.58. The lowest BCUT2D eigenvalue weighted by Gasteiger charge is -2.35. The van der Waals surface area contributed by atoms with Crippen LogP contribution in [0, 0.1) is 0 Å². The van der Waals surface area contributed by atoms with E-state index in [1.54, 1.807) is 0 Å². The van der Waals surface area contributed by atoms with E-state index >= 15 is 0 Å². The Hall–Kier alpha value is -8.72. The Morgan fingerprint density at radius 3 is 1.64 bits per heavy atom. The Labute approximate surface area is 390 Å². The van der Waals surface area contributed by atoms with Gasteiger partial charge >= 0.3 is 0 Å². The largest absolute Gasteiger partial charge is 0.310 e. The number of aromatic nitrogens is 1. The van der Waals surface area contributed by atoms with Crippen LogP contribution in [0.2, 0.25) is 0 Å². The molecule has 1 aliphatic carbocycles. The summed E-state index contributed by atoms with van der Waals surface area (Å²) in [5, 5.41) is 4.92. The summed E-state index contributed by atoms with van der Waals surface area (Å²) in [6.07, 6.45) is 0. The van der Waals surface area contributed by atoms with Crippen LogP contribution in [0.15, 0.2) is 267 Å². The van der Waals surface area contributed by atoms with Gasteiger partial charge in [0.05, 0.1) is 22.1 Å². The number of hydrogen-bond donors (Lipinski definition) is 0. The average molecular weight is 853 g/mol. The number of hydrogen-bond acceptors (Lipinski definition) is 1. The highest BCUT2D eigenvalue weighted by Gasteiger charge is 2.48. The Balaban J connectivity index is 0.923. The molecule has 314 valence electrons. The van der Waals surface area contributed by atoms with Crippen molar-refractivity contribution in [1.82, 2.24) is 4.57 Å². The van der Waals surface area contributed by atoms with Crippen LogP contribution in [-0.4, -0.2) is 4.57 Å². The zero-order chi connectivity index (χ0) is 44.3. The first-order valence-corrected chi connectivity index (χ1v) is 23.2. The number of anilines is 3. The molecule has 13 rings (SSSR count). The van der Waals surface area contributed by atoms with Crippen LogP contribution in [0.25, 0.3) is 71.6 Å². The van der Waals surface area contributed by atoms with Gasteiger partial charge in [-0.1, -0.05) is 200 Å². The van der Waals surface area contributed by atoms with E-state index < -0.39 is 5.41 Å². The van der Waals surface area contributed by atoms with Gasteiger partial charge in [0.25, 0.3) is 0 Å². The molecular weight excluding hydrogens is 809 g/mol. The molecule has 0 saturated heterocycles. The molecule has 0 radical (unpaired) electrons. The summed E-state index contributed by atoms with van der Waals surface area (Å²) in [6, 6.07) is 98.0. The van der Waals surface area contributed by atoms with Crippen LogP contribution in [0.3, 0.4) is 0 Å². The summed E-state index contributed by atoms with van der Waals surface area (Å²) >= 11 is 0. The highest BCUT2D eigenvalue weighted by atomic mass is 15.1. The third-order valence-corrected chi connectivity index (χ3v) is 14.0. The van der Waals surface area contributed by atoms with Crippen molar-refractivity contribution in [3.8, 4) is 39.1 Å². The molecule has 0 N–H and O–H groups in total. The van der Waals surface area contributed by atoms with Gasteiger partial charge < -0.3 is 9.47 Å². The van der Waals surface area contributed by atoms with Crippen LogP contribution in [0.4, 0.5) is 17.1 Å². The summed E-state index contributed by atoms with van der Waals surface area (Å²) in [5.41, 5.74) is 18.8. The topological polar surface area (TPSA) is 8.17 Å². The fraction of sp³-hybridized carbons (Fsp3) is 0.0154. The van der Waals surface area contributed by atoms with Crippen molar-refractivity contribution in [2.24, 2.45) is 0 Å². The van der Waals surface area contributed by atoms with Gasteiger partial charge in [-0.2, -0.15) is 0 Å². The molecular formula is C65H44N2. The molecule has 11 aromatic carbocycles. The van der Waals surface area contributed by atoms with E-state index in [2.05, 4.69) is 276 Å². The zero-order valence-electron chi connectivity index (χ0n) is 36.8. The minimum absolute atomic E-state index is 0.530. The van der Waals surface area contributed by atoms with Crippen LogP contribution < -0.4 is 4.90 Å². The van der Waals surface area contributed by atoms with Gasteiger partial charge in [0.1, 0.15) is 0 Å². The van der Waals surface area contributed by atoms with Crippen LogP contribution in [0.1, 0.15) is 22.3 Å². The molecule has 1 heterocycles. The molecule has 2 heteroatoms. The van der Waals surface area contributed by atoms with E-state index in [1.165, 1.54) is 93.9 Å². The first-order chi connectivity index (χ1) is 33.2. The SMILES string of the molecule is c1ccc(N(c2ccc(-c3cccc(-c4ccc5c(c4)c4ccccc4n5-c4cccc5c4C(c4ccccc4)(c4ccccc4)c4ccccc4-5)c3)cc2)c2ccc3ccccc3c2)cc1. The molecule has 0 bridgehead atoms. The van der Waals surface area contributed by atoms with E-state index in [0.717, 1.165) is 17.1 Å². The quantitative estimate of drug-likeness (QED) is 0.148. The number of benzene rings is 11. The van der Waals surface area contributed by atoms with Crippen molar-refractivity contribution >= 4 is 49.6 Å². The number of fused-ring (bicyclic) bond motifs is 7. The van der Waals surface area contributed by atoms with Gasteiger partial charge in [-0.3, -0.25) is 0 Å². The number of rotatable bonds is 8. The van der Waals surface area contributed by atoms with Gasteiger partial charge in [-0.25, -0.2) is 0 Å². The second kappa shape index (κ2) is 15.8. The maximum absolute atomic E-state index is 2.52. The summed E-state index contributed by atoms with van der Waals surface area (Å²) in [4.78, 5) is 2.34. The number of nitrogens with zero attached hydrogens (tertiary/aromatic N) is 2. The molecule has 1 aliphatic rings. The van der Waals surface area contributed by atoms with E-state index in [0.29, 0.717) is 0 Å². The van der Waals surface area contributed by atoms with Crippen molar-refractivity contribution in [3.05, 3.63) is 289 Å². The van der Waals surface area contributed by atoms with Crippen LogP contribution in [0.5, 0.6) is 0 Å². The molecule has 67 heavy (non-hydrogen) atoms. The Kier molecular flexibility index (Phi) is 9.11. The predicted molar refractivity (Wildman–Crippen MR) is 281 cm³/mol. The van der Waals surface area contributed by atoms with Gasteiger partial charge in [0, 0.05) is 33.4 Å². The van der Waals surface area contributed by atoms with Crippen molar-refractivity contribution < 1.29 is 0 Å². The molecule has 12 aromatic rings. The molecule has 0 unspecified atom stereocenters. The van der Waals surface area contributed by atoms with Crippen LogP contribution in [-0.2, 0) is 5.41 Å². The fourth-order valence-corrected chi connectivity index (χ4v) is 11.1. The summed E-state index contributed by atoms with van der Waals surface area (Å²) < 4.78 is 2.52. The lowest BCUT2D eigenvalue weighted by atomic mass is 9.67. The Morgan fingerprint density at radius 1 is 0.313 bits per heavy atom. The average Bonchev–Trinajstić information content (AvgIpc) is 3.90. The molecule has 2 nitrogen and oxygen atoms in total. The zero-order valence-corrected chi connectivity index (χ0v) is 36.8. The predicted octanol–water partition coefficient (Wildman–Crippen LogP) is 17.1. The minimum Gasteiger partial charge on any atom is -0.310 e. The van der Waals surface area contributed by atoms with Gasteiger partial charge in [0.15, 0.2) is 0 Å². The van der Waals surface area contributed by atoms with E-state index in [1.807, 2.05) is 0 Å². The lowest BCUT2D eigenvalue weighted by molar-refractivity contribution is 0.762. The highest BCUT2D eigenvalue weighted by molar-refractivity contribution is 6.11. The minimum atomic E-state index is -0.530. The summed E-state index contributed by atoms with van der Waals surface area (Å²) in [7, 11) is 0. The smallest absolute Gasteiger partial charge is 0.0734 e. The van der Waals surface area contributed by atoms with E-state index in [4.69, 9.17) is 0 Å². The van der Waals surface area contributed by atoms with Crippen LogP contribution >= 0.6 is 0 Å². The third kappa shape index (κ3) is 6.18. The summed E-state index contributed by atoms with van der Waals surface area (Å²) in [6.45, 7) is 0. The maximum Gasteiger partial charge on any atom is 0.0734 e. The van der Waals surface area contributed by atoms with Crippen molar-refractivity contribution in [3.63, 3.8) is 0 Å². The lowest BCUT2D eigenvalue weighted by Crippen LogP contribution is -2.29. The third-order valence-electron chi connectivity index (χ3n) is 14.0. The Morgan fingerprint density at radius 2 is 0.866 bits per heavy atom. The van der Waals surface area contributed by atoms with E-state index in [-0.39, 0.29) is 0 Å². The monoisotopic (exact) mass is 852 g/mol. The van der Waals surface area contributed by atoms with Gasteiger partial charge in [-0.15, -0.1) is 0 Å². The maximum atomic E-state index is 2.52. The Bertz CT molecular complexity index is 3750. The molecule has 0 spiro atoms. The molecule has 0 amide bonds. The molecule has 1 aromatic heterocycles. The normalized spacial score (nSPS) is 12.6. The number of para-hydroxylation sites is 2. The van der Waals surface area contributed by atoms with Gasteiger partial charge in [-0.05, 0) is 128 Å². The molecule has 0 saturated carbocycles. The molecule has 0 aliphatic heterocycles. The first kappa shape index (κ1) is 38.7. The van der Waals surface area contributed by atoms with Crippen molar-refractivity contribution in [2.75, 3.05) is 4.90 Å². The van der Waals surface area contributed by atoms with Crippen molar-refractivity contribution in [2.45, 2.75) is 5.41 Å². The van der Waals surface area contributed by atoms with Crippen molar-refractivity contribution in [1.29, 1.82) is 0 Å². The summed E-state index contributed by atoms with van der Waals surface area (Å²) in [5.74, 6) is 0. The molecule has 0 fully saturated rings. The standard InChI is InChI=1S/C65H44N2/c1-4-22-51(23-5-1)65(52-24-6-2-7-25-52)60-31-14-12-28-56(60)58-30-17-33-63(64(58)65)67-61-32-15-13-29-57(61)59-44-50(37-41-62(59)67)48-21-16-20-47(42-48)46-34-38-54(39-35-46)66(53-26-8-3-9-27-53)55-40-36-45-18-10-11-19-49(45)43-55/h1-44H.